The summed E-state index contributed by atoms with van der Waals surface area (Å²) in [6, 6.07) is 6.00. The highest BCUT2D eigenvalue weighted by molar-refractivity contribution is 5.89. The van der Waals surface area contributed by atoms with Crippen LogP contribution in [0.4, 0.5) is 16.2 Å². The minimum absolute atomic E-state index is 0.0959. The fourth-order valence-electron chi connectivity index (χ4n) is 3.05. The van der Waals surface area contributed by atoms with Crippen LogP contribution in [0.5, 0.6) is 5.75 Å². The molecule has 3 rings (SSSR count). The lowest BCUT2D eigenvalue weighted by Crippen LogP contribution is -2.39. The Hall–Kier alpha value is -2.88. The van der Waals surface area contributed by atoms with Crippen LogP contribution >= 0.6 is 0 Å². The minimum atomic E-state index is -0.400. The third kappa shape index (κ3) is 4.02. The molecule has 0 saturated heterocycles. The summed E-state index contributed by atoms with van der Waals surface area (Å²) in [5, 5.41) is 3.13. The molecule has 0 bridgehead atoms. The van der Waals surface area contributed by atoms with Crippen molar-refractivity contribution in [2.45, 2.75) is 19.9 Å². The van der Waals surface area contributed by atoms with Crippen LogP contribution in [0.15, 0.2) is 23.2 Å². The summed E-state index contributed by atoms with van der Waals surface area (Å²) in [6.45, 7) is 7.33. The summed E-state index contributed by atoms with van der Waals surface area (Å²) in [5.74, 6) is 6.28. The third-order valence-corrected chi connectivity index (χ3v) is 4.36. The van der Waals surface area contributed by atoms with Gasteiger partial charge in [-0.1, -0.05) is 5.92 Å². The van der Waals surface area contributed by atoms with Crippen LogP contribution in [-0.4, -0.2) is 57.9 Å². The van der Waals surface area contributed by atoms with Crippen molar-refractivity contribution in [3.8, 4) is 17.6 Å². The number of ether oxygens (including phenoxy) is 2. The first-order valence-corrected chi connectivity index (χ1v) is 8.83. The molecule has 26 heavy (non-hydrogen) atoms. The van der Waals surface area contributed by atoms with Crippen LogP contribution in [0.2, 0.25) is 0 Å². The number of rotatable bonds is 5. The maximum absolute atomic E-state index is 12.3. The molecule has 1 aromatic carbocycles. The Morgan fingerprint density at radius 3 is 3.15 bits per heavy atom. The molecular weight excluding hydrogens is 332 g/mol. The molecule has 0 aliphatic carbocycles. The van der Waals surface area contributed by atoms with Crippen molar-refractivity contribution >= 4 is 23.8 Å². The third-order valence-electron chi connectivity index (χ3n) is 4.36. The fraction of sp³-hybridized carbons (Fsp3) is 0.474. The zero-order chi connectivity index (χ0) is 18.4. The maximum Gasteiger partial charge on any atom is 0.415 e. The molecule has 0 spiro atoms. The number of hydrogen-bond donors (Lipinski definition) is 1. The highest BCUT2D eigenvalue weighted by atomic mass is 16.6. The van der Waals surface area contributed by atoms with Gasteiger partial charge in [-0.05, 0) is 32.0 Å². The van der Waals surface area contributed by atoms with E-state index in [4.69, 9.17) is 9.47 Å². The number of nitrogens with zero attached hydrogens (tertiary/aromatic N) is 3. The lowest BCUT2D eigenvalue weighted by atomic mass is 10.1. The van der Waals surface area contributed by atoms with Crippen LogP contribution < -0.4 is 19.9 Å². The van der Waals surface area contributed by atoms with Crippen molar-refractivity contribution in [3.63, 3.8) is 0 Å². The van der Waals surface area contributed by atoms with Gasteiger partial charge in [0.25, 0.3) is 0 Å². The first-order chi connectivity index (χ1) is 12.7. The molecule has 1 unspecified atom stereocenters. The molecular formula is C19H24N4O3. The average molecular weight is 356 g/mol. The molecule has 0 fully saturated rings. The van der Waals surface area contributed by atoms with Crippen LogP contribution in [0.1, 0.15) is 13.8 Å². The van der Waals surface area contributed by atoms with Gasteiger partial charge in [0.2, 0.25) is 0 Å². The van der Waals surface area contributed by atoms with E-state index in [1.807, 2.05) is 25.1 Å². The minimum Gasteiger partial charge on any atom is -0.490 e. The van der Waals surface area contributed by atoms with Crippen molar-refractivity contribution in [3.05, 3.63) is 18.2 Å². The monoisotopic (exact) mass is 356 g/mol. The van der Waals surface area contributed by atoms with E-state index in [0.29, 0.717) is 13.2 Å². The van der Waals surface area contributed by atoms with E-state index in [9.17, 15) is 4.79 Å². The first kappa shape index (κ1) is 17.9. The van der Waals surface area contributed by atoms with Gasteiger partial charge < -0.3 is 19.7 Å². The molecule has 7 heteroatoms. The Labute approximate surface area is 154 Å². The Morgan fingerprint density at radius 2 is 2.42 bits per heavy atom. The molecule has 0 aromatic heterocycles. The van der Waals surface area contributed by atoms with Gasteiger partial charge in [0.05, 0.1) is 24.6 Å². The summed E-state index contributed by atoms with van der Waals surface area (Å²) in [6.07, 6.45) is 1.36. The van der Waals surface area contributed by atoms with E-state index in [2.05, 4.69) is 27.0 Å². The van der Waals surface area contributed by atoms with E-state index in [1.54, 1.807) is 18.2 Å². The number of benzene rings is 1. The predicted octanol–water partition coefficient (Wildman–Crippen LogP) is 1.87. The number of carbonyl (C=O) groups excluding carboxylic acids is 1. The molecule has 0 saturated carbocycles. The lowest BCUT2D eigenvalue weighted by Gasteiger charge is -2.33. The zero-order valence-electron chi connectivity index (χ0n) is 15.2. The van der Waals surface area contributed by atoms with Crippen molar-refractivity contribution in [2.24, 2.45) is 4.99 Å². The highest BCUT2D eigenvalue weighted by Gasteiger charge is 2.24. The molecule has 1 N–H and O–H groups in total. The summed E-state index contributed by atoms with van der Waals surface area (Å²) in [5.41, 5.74) is 1.76. The van der Waals surface area contributed by atoms with Crippen molar-refractivity contribution in [2.75, 3.05) is 49.2 Å². The molecule has 2 heterocycles. The van der Waals surface area contributed by atoms with E-state index in [1.165, 1.54) is 0 Å². The summed E-state index contributed by atoms with van der Waals surface area (Å²) in [4.78, 5) is 20.6. The molecule has 2 aliphatic rings. The number of aliphatic imine (C=N–C) groups is 1. The molecule has 1 aromatic rings. The number of fused-ring (bicyclic) bond motifs is 1. The Balaban J connectivity index is 1.79. The average Bonchev–Trinajstić information content (AvgIpc) is 3.16. The second-order valence-corrected chi connectivity index (χ2v) is 6.01. The molecule has 7 nitrogen and oxygen atoms in total. The van der Waals surface area contributed by atoms with Gasteiger partial charge in [0.1, 0.15) is 12.4 Å². The Bertz CT molecular complexity index is 738. The van der Waals surface area contributed by atoms with Crippen molar-refractivity contribution in [1.29, 1.82) is 0 Å². The van der Waals surface area contributed by atoms with Crippen LogP contribution in [0.3, 0.4) is 0 Å². The molecule has 138 valence electrons. The standard InChI is InChI=1S/C19H24N4O3/c1-3-5-9-26-19(24)23(4-2)16-6-7-18-17(11-16)22(8-10-25-18)13-15-12-20-14-21-15/h6-7,11,14-15H,4,8-10,12-13H2,1-2H3,(H,20,21). The van der Waals surface area contributed by atoms with Crippen LogP contribution in [0, 0.1) is 11.8 Å². The van der Waals surface area contributed by atoms with Gasteiger partial charge in [-0.2, -0.15) is 0 Å². The van der Waals surface area contributed by atoms with E-state index in [0.717, 1.165) is 36.8 Å². The quantitative estimate of drug-likeness (QED) is 0.816. The van der Waals surface area contributed by atoms with E-state index < -0.39 is 6.09 Å². The molecule has 2 aliphatic heterocycles. The van der Waals surface area contributed by atoms with Crippen LogP contribution in [0.25, 0.3) is 0 Å². The molecule has 1 atom stereocenters. The Kier molecular flexibility index (Phi) is 5.84. The van der Waals surface area contributed by atoms with Crippen LogP contribution in [-0.2, 0) is 4.74 Å². The SMILES string of the molecule is CC#CCOC(=O)N(CC)c1ccc2c(c1)N(CC1CNC=N1)CCO2. The largest absolute Gasteiger partial charge is 0.490 e. The Morgan fingerprint density at radius 1 is 1.54 bits per heavy atom. The van der Waals surface area contributed by atoms with Gasteiger partial charge in [-0.3, -0.25) is 9.89 Å². The zero-order valence-corrected chi connectivity index (χ0v) is 15.2. The van der Waals surface area contributed by atoms with Gasteiger partial charge in [-0.25, -0.2) is 4.79 Å². The highest BCUT2D eigenvalue weighted by Crippen LogP contribution is 2.35. The number of nitrogens with one attached hydrogen (secondary N) is 1. The molecule has 1 amide bonds. The topological polar surface area (TPSA) is 66.4 Å². The van der Waals surface area contributed by atoms with E-state index in [-0.39, 0.29) is 12.6 Å². The fourth-order valence-corrected chi connectivity index (χ4v) is 3.05. The first-order valence-electron chi connectivity index (χ1n) is 8.83. The van der Waals surface area contributed by atoms with Crippen molar-refractivity contribution in [1.82, 2.24) is 5.32 Å². The predicted molar refractivity (Wildman–Crippen MR) is 102 cm³/mol. The number of carbonyl (C=O) groups is 1. The van der Waals surface area contributed by atoms with Crippen molar-refractivity contribution < 1.29 is 14.3 Å². The number of amides is 1. The van der Waals surface area contributed by atoms with Gasteiger partial charge in [0, 0.05) is 25.3 Å². The van der Waals surface area contributed by atoms with Gasteiger partial charge >= 0.3 is 6.09 Å². The normalized spacial score (nSPS) is 17.5. The summed E-state index contributed by atoms with van der Waals surface area (Å²) in [7, 11) is 0. The van der Waals surface area contributed by atoms with Gasteiger partial charge in [-0.15, -0.1) is 5.92 Å². The summed E-state index contributed by atoms with van der Waals surface area (Å²) >= 11 is 0. The smallest absolute Gasteiger partial charge is 0.415 e. The van der Waals surface area contributed by atoms with Gasteiger partial charge in [0.15, 0.2) is 6.61 Å². The number of anilines is 2. The second-order valence-electron chi connectivity index (χ2n) is 6.01. The molecule has 0 radical (unpaired) electrons. The number of hydrogen-bond acceptors (Lipinski definition) is 6. The summed E-state index contributed by atoms with van der Waals surface area (Å²) < 4.78 is 11.0. The second kappa shape index (κ2) is 8.48. The lowest BCUT2D eigenvalue weighted by molar-refractivity contribution is 0.168. The maximum atomic E-state index is 12.3. The van der Waals surface area contributed by atoms with E-state index >= 15 is 0 Å².